The zero-order valence-electron chi connectivity index (χ0n) is 12.9. The summed E-state index contributed by atoms with van der Waals surface area (Å²) in [5.74, 6) is 2.12. The van der Waals surface area contributed by atoms with Crippen molar-refractivity contribution in [2.45, 2.75) is 12.6 Å². The van der Waals surface area contributed by atoms with Gasteiger partial charge >= 0.3 is 0 Å². The van der Waals surface area contributed by atoms with Crippen molar-refractivity contribution in [3.05, 3.63) is 71.8 Å². The summed E-state index contributed by atoms with van der Waals surface area (Å²) in [7, 11) is 1.65. The van der Waals surface area contributed by atoms with Gasteiger partial charge in [-0.3, -0.25) is 5.10 Å². The van der Waals surface area contributed by atoms with Gasteiger partial charge in [0.2, 0.25) is 0 Å². The number of nitrogens with one attached hydrogen (secondary N) is 2. The molecule has 0 spiro atoms. The Labute approximate surface area is 134 Å². The molecule has 0 fully saturated rings. The summed E-state index contributed by atoms with van der Waals surface area (Å²) in [5, 5.41) is 10.4. The van der Waals surface area contributed by atoms with E-state index in [-0.39, 0.29) is 6.04 Å². The molecule has 6 heteroatoms. The maximum atomic E-state index is 6.19. The van der Waals surface area contributed by atoms with E-state index in [0.717, 1.165) is 22.8 Å². The predicted molar refractivity (Wildman–Crippen MR) is 89.2 cm³/mol. The van der Waals surface area contributed by atoms with Crippen LogP contribution in [-0.2, 0) is 6.54 Å². The topological polar surface area (TPSA) is 88.8 Å². The van der Waals surface area contributed by atoms with Gasteiger partial charge in [0.15, 0.2) is 5.82 Å². The first-order chi connectivity index (χ1) is 11.3. The smallest absolute Gasteiger partial charge is 0.171 e. The maximum Gasteiger partial charge on any atom is 0.171 e. The molecule has 0 saturated heterocycles. The molecule has 3 aromatic rings. The highest BCUT2D eigenvalue weighted by molar-refractivity contribution is 5.48. The fourth-order valence-electron chi connectivity index (χ4n) is 2.26. The monoisotopic (exact) mass is 309 g/mol. The number of ether oxygens (including phenoxy) is 1. The third kappa shape index (κ3) is 3.67. The van der Waals surface area contributed by atoms with Crippen LogP contribution in [0.2, 0.25) is 0 Å². The number of H-pyrrole nitrogens is 1. The molecule has 0 aliphatic rings. The van der Waals surface area contributed by atoms with Crippen molar-refractivity contribution in [2.24, 2.45) is 5.73 Å². The molecule has 23 heavy (non-hydrogen) atoms. The minimum atomic E-state index is -0.335. The zero-order chi connectivity index (χ0) is 16.1. The summed E-state index contributed by atoms with van der Waals surface area (Å²) in [4.78, 5) is 4.46. The van der Waals surface area contributed by atoms with E-state index in [1.807, 2.05) is 54.6 Å². The minimum absolute atomic E-state index is 0.335. The molecule has 2 aromatic carbocycles. The first-order valence-corrected chi connectivity index (χ1v) is 7.36. The predicted octanol–water partition coefficient (Wildman–Crippen LogP) is 2.47. The van der Waals surface area contributed by atoms with Gasteiger partial charge in [0, 0.05) is 11.8 Å². The number of methoxy groups -OCH3 is 1. The largest absolute Gasteiger partial charge is 0.497 e. The lowest BCUT2D eigenvalue weighted by atomic mass is 10.1. The molecule has 0 radical (unpaired) electrons. The molecule has 0 aliphatic carbocycles. The van der Waals surface area contributed by atoms with E-state index >= 15 is 0 Å². The normalized spacial score (nSPS) is 11.9. The second-order valence-corrected chi connectivity index (χ2v) is 5.11. The zero-order valence-corrected chi connectivity index (χ0v) is 12.9. The molecule has 118 valence electrons. The second-order valence-electron chi connectivity index (χ2n) is 5.11. The molecule has 1 aromatic heterocycles. The number of benzene rings is 2. The summed E-state index contributed by atoms with van der Waals surface area (Å²) in [6, 6.07) is 17.2. The molecule has 0 aliphatic heterocycles. The Kier molecular flexibility index (Phi) is 4.54. The van der Waals surface area contributed by atoms with E-state index in [4.69, 9.17) is 10.5 Å². The molecular weight excluding hydrogens is 290 g/mol. The van der Waals surface area contributed by atoms with Crippen molar-refractivity contribution in [3.8, 4) is 5.75 Å². The summed E-state index contributed by atoms with van der Waals surface area (Å²) < 4.78 is 5.20. The average molecular weight is 309 g/mol. The van der Waals surface area contributed by atoms with Crippen LogP contribution in [0.15, 0.2) is 54.6 Å². The van der Waals surface area contributed by atoms with Gasteiger partial charge in [-0.2, -0.15) is 5.10 Å². The Hall–Kier alpha value is -2.86. The summed E-state index contributed by atoms with van der Waals surface area (Å²) >= 11 is 0. The SMILES string of the molecule is COc1cccc(NCc2nc([C@H](N)c3ccccc3)n[nH]2)c1. The number of rotatable bonds is 6. The Morgan fingerprint density at radius 2 is 2.00 bits per heavy atom. The molecule has 0 bridgehead atoms. The van der Waals surface area contributed by atoms with Gasteiger partial charge in [0.1, 0.15) is 11.6 Å². The van der Waals surface area contributed by atoms with E-state index in [9.17, 15) is 0 Å². The lowest BCUT2D eigenvalue weighted by Gasteiger charge is -2.07. The third-order valence-electron chi connectivity index (χ3n) is 3.52. The van der Waals surface area contributed by atoms with Gasteiger partial charge in [-0.15, -0.1) is 0 Å². The van der Waals surface area contributed by atoms with Crippen molar-refractivity contribution >= 4 is 5.69 Å². The van der Waals surface area contributed by atoms with E-state index < -0.39 is 0 Å². The number of anilines is 1. The summed E-state index contributed by atoms with van der Waals surface area (Å²) in [6.07, 6.45) is 0. The third-order valence-corrected chi connectivity index (χ3v) is 3.52. The fraction of sp³-hybridized carbons (Fsp3) is 0.176. The maximum absolute atomic E-state index is 6.19. The molecule has 4 N–H and O–H groups in total. The Morgan fingerprint density at radius 1 is 1.17 bits per heavy atom. The van der Waals surface area contributed by atoms with Crippen molar-refractivity contribution < 1.29 is 4.74 Å². The molecule has 0 amide bonds. The van der Waals surface area contributed by atoms with Crippen molar-refractivity contribution in [2.75, 3.05) is 12.4 Å². The van der Waals surface area contributed by atoms with Crippen LogP contribution in [0.1, 0.15) is 23.3 Å². The van der Waals surface area contributed by atoms with Crippen LogP contribution in [-0.4, -0.2) is 22.3 Å². The van der Waals surface area contributed by atoms with E-state index in [0.29, 0.717) is 12.4 Å². The Bertz CT molecular complexity index is 756. The van der Waals surface area contributed by atoms with Crippen LogP contribution in [0, 0.1) is 0 Å². The molecule has 3 rings (SSSR count). The standard InChI is InChI=1S/C17H19N5O/c1-23-14-9-5-8-13(10-14)19-11-15-20-17(22-21-15)16(18)12-6-3-2-4-7-12/h2-10,16,19H,11,18H2,1H3,(H,20,21,22)/t16-/m1/s1. The van der Waals surface area contributed by atoms with Gasteiger partial charge in [-0.25, -0.2) is 4.98 Å². The van der Waals surface area contributed by atoms with Crippen molar-refractivity contribution in [3.63, 3.8) is 0 Å². The number of hydrogen-bond donors (Lipinski definition) is 3. The molecule has 0 unspecified atom stereocenters. The van der Waals surface area contributed by atoms with Gasteiger partial charge in [-0.05, 0) is 17.7 Å². The van der Waals surface area contributed by atoms with Crippen LogP contribution < -0.4 is 15.8 Å². The van der Waals surface area contributed by atoms with E-state index in [1.165, 1.54) is 0 Å². The van der Waals surface area contributed by atoms with E-state index in [1.54, 1.807) is 7.11 Å². The van der Waals surface area contributed by atoms with E-state index in [2.05, 4.69) is 20.5 Å². The molecule has 6 nitrogen and oxygen atoms in total. The molecule has 1 heterocycles. The van der Waals surface area contributed by atoms with Crippen LogP contribution in [0.4, 0.5) is 5.69 Å². The van der Waals surface area contributed by atoms with Gasteiger partial charge in [0.05, 0.1) is 19.7 Å². The van der Waals surface area contributed by atoms with Crippen LogP contribution in [0.25, 0.3) is 0 Å². The average Bonchev–Trinajstić information content (AvgIpc) is 3.09. The highest BCUT2D eigenvalue weighted by atomic mass is 16.5. The Balaban J connectivity index is 1.65. The first kappa shape index (κ1) is 15.1. The number of aromatic amines is 1. The van der Waals surface area contributed by atoms with Crippen LogP contribution in [0.3, 0.4) is 0 Å². The van der Waals surface area contributed by atoms with Crippen LogP contribution in [0.5, 0.6) is 5.75 Å². The number of aromatic nitrogens is 3. The summed E-state index contributed by atoms with van der Waals surface area (Å²) in [5.41, 5.74) is 8.13. The second kappa shape index (κ2) is 6.93. The van der Waals surface area contributed by atoms with Gasteiger partial charge in [0.25, 0.3) is 0 Å². The van der Waals surface area contributed by atoms with Crippen LogP contribution >= 0.6 is 0 Å². The highest BCUT2D eigenvalue weighted by Gasteiger charge is 2.14. The minimum Gasteiger partial charge on any atom is -0.497 e. The van der Waals surface area contributed by atoms with Crippen molar-refractivity contribution in [1.29, 1.82) is 0 Å². The number of hydrogen-bond acceptors (Lipinski definition) is 5. The fourth-order valence-corrected chi connectivity index (χ4v) is 2.26. The summed E-state index contributed by atoms with van der Waals surface area (Å²) in [6.45, 7) is 0.529. The Morgan fingerprint density at radius 3 is 2.78 bits per heavy atom. The molecule has 1 atom stereocenters. The van der Waals surface area contributed by atoms with Gasteiger partial charge < -0.3 is 15.8 Å². The van der Waals surface area contributed by atoms with Crippen molar-refractivity contribution in [1.82, 2.24) is 15.2 Å². The quantitative estimate of drug-likeness (QED) is 0.651. The number of nitrogens with two attached hydrogens (primary N) is 1. The number of nitrogens with zero attached hydrogens (tertiary/aromatic N) is 2. The molecular formula is C17H19N5O. The van der Waals surface area contributed by atoms with Gasteiger partial charge in [-0.1, -0.05) is 36.4 Å². The first-order valence-electron chi connectivity index (χ1n) is 7.36. The lowest BCUT2D eigenvalue weighted by Crippen LogP contribution is -2.13. The highest BCUT2D eigenvalue weighted by Crippen LogP contribution is 2.18. The molecule has 0 saturated carbocycles. The lowest BCUT2D eigenvalue weighted by molar-refractivity contribution is 0.415.